The Balaban J connectivity index is 1.25. The molecule has 3 atom stereocenters. The number of benzene rings is 2. The third-order valence-electron chi connectivity index (χ3n) is 9.57. The van der Waals surface area contributed by atoms with Gasteiger partial charge in [0.15, 0.2) is 0 Å². The molecule has 11 heteroatoms. The second-order valence-electron chi connectivity index (χ2n) is 12.7. The first kappa shape index (κ1) is 32.9. The monoisotopic (exact) mass is 643 g/mol. The summed E-state index contributed by atoms with van der Waals surface area (Å²) in [6, 6.07) is 15.0. The average Bonchev–Trinajstić information content (AvgIpc) is 3.32. The van der Waals surface area contributed by atoms with Gasteiger partial charge < -0.3 is 10.2 Å². The highest BCUT2D eigenvalue weighted by atomic mass is 35.5. The van der Waals surface area contributed by atoms with Crippen molar-refractivity contribution in [3.63, 3.8) is 0 Å². The zero-order valence-electron chi connectivity index (χ0n) is 25.9. The summed E-state index contributed by atoms with van der Waals surface area (Å²) in [6.45, 7) is 3.60. The molecule has 5 rings (SSSR count). The van der Waals surface area contributed by atoms with E-state index < -0.39 is 16.1 Å². The Hall–Kier alpha value is -2.50. The Kier molecular flexibility index (Phi) is 11.0. The van der Waals surface area contributed by atoms with Crippen LogP contribution in [0.25, 0.3) is 0 Å². The molecule has 1 aliphatic carbocycles. The predicted octanol–water partition coefficient (Wildman–Crippen LogP) is 3.59. The molecule has 1 saturated heterocycles. The summed E-state index contributed by atoms with van der Waals surface area (Å²) in [5.74, 6) is 0.210. The van der Waals surface area contributed by atoms with E-state index >= 15 is 0 Å². The number of carbonyl (C=O) groups excluding carboxylic acids is 2. The fraction of sp³-hybridized carbons (Fsp3) is 0.576. The summed E-state index contributed by atoms with van der Waals surface area (Å²) >= 11 is 6.12. The lowest BCUT2D eigenvalue weighted by atomic mass is 9.83. The van der Waals surface area contributed by atoms with Gasteiger partial charge >= 0.3 is 0 Å². The molecule has 0 spiro atoms. The number of rotatable bonds is 11. The number of nitrogens with one attached hydrogen (secondary N) is 2. The van der Waals surface area contributed by atoms with Crippen molar-refractivity contribution in [3.8, 4) is 0 Å². The van der Waals surface area contributed by atoms with Gasteiger partial charge in [-0.3, -0.25) is 19.4 Å². The van der Waals surface area contributed by atoms with Gasteiger partial charge in [0.1, 0.15) is 6.04 Å². The molecule has 0 bridgehead atoms. The van der Waals surface area contributed by atoms with Crippen molar-refractivity contribution >= 4 is 33.4 Å². The lowest BCUT2D eigenvalue weighted by molar-refractivity contribution is -0.138. The smallest absolute Gasteiger partial charge is 0.245 e. The van der Waals surface area contributed by atoms with Crippen LogP contribution in [0, 0.1) is 5.92 Å². The molecule has 2 N–H and O–H groups in total. The topological polar surface area (TPSA) is 102 Å². The lowest BCUT2D eigenvalue weighted by Gasteiger charge is -2.44. The zero-order chi connectivity index (χ0) is 31.3. The van der Waals surface area contributed by atoms with E-state index in [4.69, 9.17) is 11.6 Å². The minimum absolute atomic E-state index is 0.0294. The van der Waals surface area contributed by atoms with Crippen LogP contribution < -0.4 is 10.0 Å². The summed E-state index contributed by atoms with van der Waals surface area (Å²) in [4.78, 5) is 33.9. The van der Waals surface area contributed by atoms with E-state index in [0.29, 0.717) is 50.1 Å². The van der Waals surface area contributed by atoms with Crippen LogP contribution in [0.3, 0.4) is 0 Å². The van der Waals surface area contributed by atoms with E-state index in [1.54, 1.807) is 12.1 Å². The highest BCUT2D eigenvalue weighted by Crippen LogP contribution is 2.34. The summed E-state index contributed by atoms with van der Waals surface area (Å²) in [5.41, 5.74) is 3.33. The highest BCUT2D eigenvalue weighted by molar-refractivity contribution is 7.88. The van der Waals surface area contributed by atoms with Crippen molar-refractivity contribution in [1.82, 2.24) is 24.7 Å². The van der Waals surface area contributed by atoms with Crippen molar-refractivity contribution in [2.24, 2.45) is 5.92 Å². The molecule has 44 heavy (non-hydrogen) atoms. The molecule has 2 aromatic carbocycles. The summed E-state index contributed by atoms with van der Waals surface area (Å²) in [7, 11) is -1.27. The molecule has 3 unspecified atom stereocenters. The fourth-order valence-corrected chi connectivity index (χ4v) is 7.81. The van der Waals surface area contributed by atoms with Gasteiger partial charge in [0, 0.05) is 69.2 Å². The second-order valence-corrected chi connectivity index (χ2v) is 15.0. The van der Waals surface area contributed by atoms with Crippen molar-refractivity contribution in [2.45, 2.75) is 69.6 Å². The Bertz CT molecular complexity index is 1390. The van der Waals surface area contributed by atoms with Gasteiger partial charge in [-0.1, -0.05) is 67.3 Å². The molecule has 2 heterocycles. The van der Waals surface area contributed by atoms with Gasteiger partial charge in [-0.15, -0.1) is 0 Å². The molecule has 2 fully saturated rings. The van der Waals surface area contributed by atoms with Crippen LogP contribution in [0.15, 0.2) is 48.5 Å². The third kappa shape index (κ3) is 8.60. The molecule has 2 aromatic rings. The first-order valence-corrected chi connectivity index (χ1v) is 18.1. The van der Waals surface area contributed by atoms with Crippen LogP contribution in [-0.4, -0.2) is 93.0 Å². The van der Waals surface area contributed by atoms with Crippen LogP contribution in [-0.2, 0) is 32.6 Å². The molecular weight excluding hydrogens is 598 g/mol. The molecule has 1 saturated carbocycles. The average molecular weight is 644 g/mol. The van der Waals surface area contributed by atoms with Crippen LogP contribution >= 0.6 is 11.6 Å². The van der Waals surface area contributed by atoms with Crippen molar-refractivity contribution in [3.05, 3.63) is 70.2 Å². The fourth-order valence-electron chi connectivity index (χ4n) is 7.21. The number of carbonyl (C=O) groups is 2. The van der Waals surface area contributed by atoms with Crippen molar-refractivity contribution in [2.75, 3.05) is 46.0 Å². The Morgan fingerprint density at radius 1 is 0.977 bits per heavy atom. The largest absolute Gasteiger partial charge is 0.344 e. The van der Waals surface area contributed by atoms with E-state index in [-0.39, 0.29) is 30.3 Å². The Morgan fingerprint density at radius 2 is 1.66 bits per heavy atom. The summed E-state index contributed by atoms with van der Waals surface area (Å²) < 4.78 is 26.6. The van der Waals surface area contributed by atoms with Crippen LogP contribution in [0.1, 0.15) is 61.3 Å². The number of halogens is 1. The summed E-state index contributed by atoms with van der Waals surface area (Å²) in [5, 5.41) is 3.72. The Morgan fingerprint density at radius 3 is 2.34 bits per heavy atom. The normalized spacial score (nSPS) is 21.5. The zero-order valence-corrected chi connectivity index (χ0v) is 27.5. The number of amides is 2. The van der Waals surface area contributed by atoms with E-state index in [0.717, 1.165) is 24.9 Å². The first-order valence-electron chi connectivity index (χ1n) is 15.9. The maximum Gasteiger partial charge on any atom is 0.245 e. The molecule has 2 aliphatic heterocycles. The Labute approximate surface area is 267 Å². The van der Waals surface area contributed by atoms with Gasteiger partial charge in [-0.2, -0.15) is 0 Å². The number of fused-ring (bicyclic) bond motifs is 1. The molecule has 3 aliphatic rings. The van der Waals surface area contributed by atoms with Crippen LogP contribution in [0.2, 0.25) is 5.02 Å². The van der Waals surface area contributed by atoms with Gasteiger partial charge in [0.2, 0.25) is 21.8 Å². The van der Waals surface area contributed by atoms with E-state index in [9.17, 15) is 18.0 Å². The minimum Gasteiger partial charge on any atom is -0.344 e. The van der Waals surface area contributed by atoms with E-state index in [2.05, 4.69) is 32.0 Å². The predicted molar refractivity (Wildman–Crippen MR) is 174 cm³/mol. The van der Waals surface area contributed by atoms with Gasteiger partial charge in [0.25, 0.3) is 0 Å². The molecule has 9 nitrogen and oxygen atoms in total. The first-order chi connectivity index (χ1) is 21.1. The number of hydrogen-bond donors (Lipinski definition) is 2. The lowest BCUT2D eigenvalue weighted by Crippen LogP contribution is -2.59. The van der Waals surface area contributed by atoms with E-state index in [1.165, 1.54) is 36.6 Å². The molecular formula is C33H46ClN5O4S. The molecule has 0 radical (unpaired) electrons. The highest BCUT2D eigenvalue weighted by Gasteiger charge is 2.35. The van der Waals surface area contributed by atoms with Crippen LogP contribution in [0.5, 0.6) is 0 Å². The SMILES string of the molecule is CN1Cc2ccccc2C1CC(=O)NC(Cc1ccc(Cl)cc1)C(=O)N1CCN(C(CNS(C)(=O)=O)C2CCCCC2)CC1. The number of nitrogens with zero attached hydrogens (tertiary/aromatic N) is 3. The van der Waals surface area contributed by atoms with Gasteiger partial charge in [0.05, 0.1) is 6.26 Å². The maximum atomic E-state index is 14.0. The number of piperazine rings is 1. The van der Waals surface area contributed by atoms with E-state index in [1.807, 2.05) is 36.2 Å². The van der Waals surface area contributed by atoms with Gasteiger partial charge in [-0.25, -0.2) is 13.1 Å². The minimum atomic E-state index is -3.30. The number of hydrogen-bond acceptors (Lipinski definition) is 6. The van der Waals surface area contributed by atoms with Crippen molar-refractivity contribution < 1.29 is 18.0 Å². The quantitative estimate of drug-likeness (QED) is 0.388. The molecule has 2 amide bonds. The maximum absolute atomic E-state index is 14.0. The standard InChI is InChI=1S/C33H46ClN5O4S/c1-37-23-26-10-6-7-11-28(26)30(37)21-32(40)36-29(20-24-12-14-27(34)15-13-24)33(41)39-18-16-38(17-19-39)31(22-35-44(2,42)43)25-8-4-3-5-9-25/h6-7,10-15,25,29-31,35H,3-5,8-9,16-23H2,1-2H3,(H,36,40). The van der Waals surface area contributed by atoms with Crippen LogP contribution in [0.4, 0.5) is 0 Å². The second kappa shape index (κ2) is 14.7. The molecule has 0 aromatic heterocycles. The molecule has 240 valence electrons. The third-order valence-corrected chi connectivity index (χ3v) is 10.5. The van der Waals surface area contributed by atoms with Crippen molar-refractivity contribution in [1.29, 1.82) is 0 Å². The number of sulfonamides is 1. The van der Waals surface area contributed by atoms with Gasteiger partial charge in [-0.05, 0) is 54.6 Å². The summed E-state index contributed by atoms with van der Waals surface area (Å²) in [6.07, 6.45) is 7.65.